The predicted octanol–water partition coefficient (Wildman–Crippen LogP) is 1.82. The van der Waals surface area contributed by atoms with Crippen LogP contribution in [0.25, 0.3) is 0 Å². The van der Waals surface area contributed by atoms with Crippen LogP contribution in [0.5, 0.6) is 0 Å². The van der Waals surface area contributed by atoms with Gasteiger partial charge in [0.15, 0.2) is 0 Å². The average Bonchev–Trinajstić information content (AvgIpc) is 1.60. The van der Waals surface area contributed by atoms with Crippen molar-refractivity contribution in [3.8, 4) is 0 Å². The second-order valence-corrected chi connectivity index (χ2v) is 3.56. The Kier molecular flexibility index (Phi) is 2.97. The molecule has 1 rings (SSSR count). The van der Waals surface area contributed by atoms with E-state index in [1.54, 1.807) is 0 Å². The van der Waals surface area contributed by atoms with Crippen molar-refractivity contribution < 1.29 is 0 Å². The lowest BCUT2D eigenvalue weighted by molar-refractivity contribution is 0.133. The molecule has 0 aromatic heterocycles. The second kappa shape index (κ2) is 2.89. The van der Waals surface area contributed by atoms with Crippen LogP contribution < -0.4 is 5.32 Å². The molecule has 1 aliphatic rings. The third-order valence-corrected chi connectivity index (χ3v) is 2.01. The van der Waals surface area contributed by atoms with Gasteiger partial charge in [0, 0.05) is 6.04 Å². The topological polar surface area (TPSA) is 12.0 Å². The third-order valence-electron chi connectivity index (χ3n) is 2.01. The zero-order valence-corrected chi connectivity index (χ0v) is 7.22. The lowest BCUT2D eigenvalue weighted by Gasteiger charge is -2.42. The van der Waals surface area contributed by atoms with Gasteiger partial charge < -0.3 is 5.32 Å². The molecular weight excluding hydrogens is 134 g/mol. The summed E-state index contributed by atoms with van der Waals surface area (Å²) in [5.41, 5.74) is 0.633. The summed E-state index contributed by atoms with van der Waals surface area (Å²) in [6.45, 7) is 4.64. The van der Waals surface area contributed by atoms with Crippen LogP contribution in [-0.2, 0) is 0 Å². The summed E-state index contributed by atoms with van der Waals surface area (Å²) < 4.78 is 0. The molecule has 2 heteroatoms. The Morgan fingerprint density at radius 2 is 1.78 bits per heavy atom. The van der Waals surface area contributed by atoms with E-state index in [0.29, 0.717) is 5.41 Å². The first kappa shape index (κ1) is 9.25. The van der Waals surface area contributed by atoms with Crippen molar-refractivity contribution in [1.29, 1.82) is 0 Å². The van der Waals surface area contributed by atoms with Crippen LogP contribution in [-0.4, -0.2) is 13.1 Å². The Morgan fingerprint density at radius 3 is 1.89 bits per heavy atom. The summed E-state index contributed by atoms with van der Waals surface area (Å²) in [6, 6.07) is 0.810. The SMILES string of the molecule is CNC1CC(C)(C)C1.Cl. The van der Waals surface area contributed by atoms with Gasteiger partial charge in [-0.1, -0.05) is 13.8 Å². The van der Waals surface area contributed by atoms with E-state index < -0.39 is 0 Å². The van der Waals surface area contributed by atoms with Crippen molar-refractivity contribution in [1.82, 2.24) is 5.32 Å². The summed E-state index contributed by atoms with van der Waals surface area (Å²) in [5, 5.41) is 3.26. The summed E-state index contributed by atoms with van der Waals surface area (Å²) in [6.07, 6.45) is 2.70. The number of halogens is 1. The molecule has 0 heterocycles. The molecule has 0 saturated heterocycles. The van der Waals surface area contributed by atoms with Crippen LogP contribution in [0.15, 0.2) is 0 Å². The van der Waals surface area contributed by atoms with E-state index >= 15 is 0 Å². The standard InChI is InChI=1S/C7H15N.ClH/c1-7(2)4-6(5-7)8-3;/h6,8H,4-5H2,1-3H3;1H. The first-order valence-electron chi connectivity index (χ1n) is 3.31. The first-order chi connectivity index (χ1) is 3.64. The van der Waals surface area contributed by atoms with E-state index in [4.69, 9.17) is 0 Å². The summed E-state index contributed by atoms with van der Waals surface area (Å²) in [5.74, 6) is 0. The highest BCUT2D eigenvalue weighted by Crippen LogP contribution is 2.39. The van der Waals surface area contributed by atoms with Crippen LogP contribution in [0.4, 0.5) is 0 Å². The molecule has 1 aliphatic carbocycles. The maximum Gasteiger partial charge on any atom is 0.00742 e. The van der Waals surface area contributed by atoms with E-state index in [2.05, 4.69) is 19.2 Å². The van der Waals surface area contributed by atoms with E-state index in [-0.39, 0.29) is 12.4 Å². The molecule has 0 aromatic rings. The third kappa shape index (κ3) is 2.15. The Hall–Kier alpha value is 0.250. The Morgan fingerprint density at radius 1 is 1.33 bits per heavy atom. The predicted molar refractivity (Wildman–Crippen MR) is 43.1 cm³/mol. The highest BCUT2D eigenvalue weighted by atomic mass is 35.5. The average molecular weight is 150 g/mol. The molecule has 0 atom stereocenters. The molecule has 9 heavy (non-hydrogen) atoms. The lowest BCUT2D eigenvalue weighted by Crippen LogP contribution is -2.44. The number of rotatable bonds is 1. The Bertz CT molecular complexity index is 82.9. The minimum absolute atomic E-state index is 0. The van der Waals surface area contributed by atoms with Gasteiger partial charge in [0.1, 0.15) is 0 Å². The molecule has 0 aromatic carbocycles. The van der Waals surface area contributed by atoms with Crippen LogP contribution in [0.2, 0.25) is 0 Å². The van der Waals surface area contributed by atoms with E-state index in [0.717, 1.165) is 6.04 Å². The van der Waals surface area contributed by atoms with Crippen molar-refractivity contribution in [3.63, 3.8) is 0 Å². The molecule has 1 nitrogen and oxygen atoms in total. The zero-order valence-electron chi connectivity index (χ0n) is 6.40. The first-order valence-corrected chi connectivity index (χ1v) is 3.31. The summed E-state index contributed by atoms with van der Waals surface area (Å²) in [7, 11) is 2.04. The Labute approximate surface area is 63.6 Å². The van der Waals surface area contributed by atoms with Crippen molar-refractivity contribution in [3.05, 3.63) is 0 Å². The van der Waals surface area contributed by atoms with Crippen molar-refractivity contribution in [2.75, 3.05) is 7.05 Å². The molecule has 1 saturated carbocycles. The fourth-order valence-corrected chi connectivity index (χ4v) is 1.48. The van der Waals surface area contributed by atoms with Gasteiger partial charge in [-0.05, 0) is 25.3 Å². The van der Waals surface area contributed by atoms with Gasteiger partial charge >= 0.3 is 0 Å². The van der Waals surface area contributed by atoms with E-state index in [1.165, 1.54) is 12.8 Å². The summed E-state index contributed by atoms with van der Waals surface area (Å²) >= 11 is 0. The molecule has 0 bridgehead atoms. The largest absolute Gasteiger partial charge is 0.317 e. The van der Waals surface area contributed by atoms with Crippen molar-refractivity contribution >= 4 is 12.4 Å². The summed E-state index contributed by atoms with van der Waals surface area (Å²) in [4.78, 5) is 0. The Balaban J connectivity index is 0.000000640. The quantitative estimate of drug-likeness (QED) is 0.600. The molecule has 0 radical (unpaired) electrons. The highest BCUT2D eigenvalue weighted by Gasteiger charge is 2.34. The maximum atomic E-state index is 3.26. The monoisotopic (exact) mass is 149 g/mol. The molecule has 1 fully saturated rings. The van der Waals surface area contributed by atoms with E-state index in [1.807, 2.05) is 7.05 Å². The van der Waals surface area contributed by atoms with Gasteiger partial charge in [0.25, 0.3) is 0 Å². The van der Waals surface area contributed by atoms with Gasteiger partial charge in [-0.3, -0.25) is 0 Å². The van der Waals surface area contributed by atoms with Crippen LogP contribution in [0.1, 0.15) is 26.7 Å². The van der Waals surface area contributed by atoms with Gasteiger partial charge in [-0.2, -0.15) is 0 Å². The van der Waals surface area contributed by atoms with Crippen LogP contribution >= 0.6 is 12.4 Å². The normalized spacial score (nSPS) is 24.3. The minimum Gasteiger partial charge on any atom is -0.317 e. The molecule has 0 unspecified atom stereocenters. The fraction of sp³-hybridized carbons (Fsp3) is 1.00. The second-order valence-electron chi connectivity index (χ2n) is 3.56. The lowest BCUT2D eigenvalue weighted by atomic mass is 9.68. The van der Waals surface area contributed by atoms with Crippen molar-refractivity contribution in [2.45, 2.75) is 32.7 Å². The molecule has 1 N–H and O–H groups in total. The molecule has 56 valence electrons. The smallest absolute Gasteiger partial charge is 0.00742 e. The number of nitrogens with one attached hydrogen (secondary N) is 1. The van der Waals surface area contributed by atoms with Gasteiger partial charge in [-0.25, -0.2) is 0 Å². The van der Waals surface area contributed by atoms with Crippen LogP contribution in [0, 0.1) is 5.41 Å². The molecule has 0 amide bonds. The van der Waals surface area contributed by atoms with Gasteiger partial charge in [-0.15, -0.1) is 12.4 Å². The zero-order chi connectivity index (χ0) is 6.20. The minimum atomic E-state index is 0. The molecule has 0 aliphatic heterocycles. The number of hydrogen-bond acceptors (Lipinski definition) is 1. The van der Waals surface area contributed by atoms with Gasteiger partial charge in [0.05, 0.1) is 0 Å². The molecule has 0 spiro atoms. The molecular formula is C7H16ClN. The highest BCUT2D eigenvalue weighted by molar-refractivity contribution is 5.85. The van der Waals surface area contributed by atoms with Gasteiger partial charge in [0.2, 0.25) is 0 Å². The van der Waals surface area contributed by atoms with Crippen molar-refractivity contribution in [2.24, 2.45) is 5.41 Å². The maximum absolute atomic E-state index is 3.26. The number of hydrogen-bond donors (Lipinski definition) is 1. The van der Waals surface area contributed by atoms with E-state index in [9.17, 15) is 0 Å². The fourth-order valence-electron chi connectivity index (χ4n) is 1.48. The van der Waals surface area contributed by atoms with Crippen LogP contribution in [0.3, 0.4) is 0 Å².